The summed E-state index contributed by atoms with van der Waals surface area (Å²) in [5, 5.41) is 15.7. The fourth-order valence-electron chi connectivity index (χ4n) is 1.90. The molecule has 0 spiro atoms. The van der Waals surface area contributed by atoms with Crippen LogP contribution in [0.15, 0.2) is 41.6 Å². The summed E-state index contributed by atoms with van der Waals surface area (Å²) in [4.78, 5) is 23.5. The van der Waals surface area contributed by atoms with Crippen LogP contribution >= 0.6 is 0 Å². The number of carbonyl (C=O) groups excluding carboxylic acids is 1. The number of carbonyl (C=O) groups is 2. The Kier molecular flexibility index (Phi) is 4.95. The molecule has 1 heterocycles. The van der Waals surface area contributed by atoms with Gasteiger partial charge >= 0.3 is 5.97 Å². The lowest BCUT2D eigenvalue weighted by atomic mass is 10.1. The van der Waals surface area contributed by atoms with E-state index in [1.807, 2.05) is 0 Å². The van der Waals surface area contributed by atoms with E-state index in [1.54, 1.807) is 0 Å². The Hall–Kier alpha value is -2.72. The minimum absolute atomic E-state index is 0.0441. The van der Waals surface area contributed by atoms with Crippen molar-refractivity contribution in [3.8, 4) is 0 Å². The number of amides is 1. The molecule has 3 N–H and O–H groups in total. The lowest BCUT2D eigenvalue weighted by molar-refractivity contribution is -0.146. The number of rotatable bonds is 6. The van der Waals surface area contributed by atoms with Crippen LogP contribution in [0.25, 0.3) is 0 Å². The van der Waals surface area contributed by atoms with Crippen molar-refractivity contribution in [3.05, 3.63) is 42.2 Å². The molecule has 2 aromatic rings. The molecule has 9 nitrogen and oxygen atoms in total. The van der Waals surface area contributed by atoms with Crippen LogP contribution in [-0.2, 0) is 20.4 Å². The summed E-state index contributed by atoms with van der Waals surface area (Å²) < 4.78 is 26.7. The highest BCUT2D eigenvalue weighted by Crippen LogP contribution is 2.18. The first-order chi connectivity index (χ1) is 11.6. The highest BCUT2D eigenvalue weighted by atomic mass is 32.2. The Morgan fingerprint density at radius 3 is 2.32 bits per heavy atom. The number of benzene rings is 1. The van der Waals surface area contributed by atoms with Gasteiger partial charge in [0.15, 0.2) is 5.54 Å². The summed E-state index contributed by atoms with van der Waals surface area (Å²) in [5.74, 6) is -1.53. The van der Waals surface area contributed by atoms with Gasteiger partial charge in [0.25, 0.3) is 5.91 Å². The highest BCUT2D eigenvalue weighted by molar-refractivity contribution is 7.89. The molecule has 0 aliphatic carbocycles. The monoisotopic (exact) mass is 366 g/mol. The molecule has 0 bridgehead atoms. The van der Waals surface area contributed by atoms with E-state index in [-0.39, 0.29) is 10.5 Å². The minimum Gasteiger partial charge on any atom is -0.479 e. The van der Waals surface area contributed by atoms with Gasteiger partial charge in [-0.1, -0.05) is 0 Å². The smallest absolute Gasteiger partial charge is 0.331 e. The van der Waals surface area contributed by atoms with Crippen molar-refractivity contribution in [1.29, 1.82) is 0 Å². The van der Waals surface area contributed by atoms with Crippen LogP contribution in [0.1, 0.15) is 24.2 Å². The molecule has 0 saturated carbocycles. The van der Waals surface area contributed by atoms with Crippen LogP contribution in [0.4, 0.5) is 5.69 Å². The van der Waals surface area contributed by atoms with Crippen molar-refractivity contribution >= 4 is 27.6 Å². The normalized spacial score (nSPS) is 12.0. The lowest BCUT2D eigenvalue weighted by Crippen LogP contribution is -2.35. The van der Waals surface area contributed by atoms with Gasteiger partial charge in [-0.2, -0.15) is 5.10 Å². The average Bonchev–Trinajstić information content (AvgIpc) is 3.04. The van der Waals surface area contributed by atoms with E-state index in [0.29, 0.717) is 5.69 Å². The predicted molar refractivity (Wildman–Crippen MR) is 89.8 cm³/mol. The summed E-state index contributed by atoms with van der Waals surface area (Å²) in [6, 6.07) is 5.39. The second-order valence-electron chi connectivity index (χ2n) is 5.72. The van der Waals surface area contributed by atoms with Crippen LogP contribution in [-0.4, -0.2) is 42.2 Å². The van der Waals surface area contributed by atoms with Crippen molar-refractivity contribution < 1.29 is 23.1 Å². The van der Waals surface area contributed by atoms with Crippen LogP contribution in [0, 0.1) is 0 Å². The van der Waals surface area contributed by atoms with E-state index in [0.717, 1.165) is 0 Å². The van der Waals surface area contributed by atoms with Crippen molar-refractivity contribution in [2.75, 3.05) is 12.4 Å². The van der Waals surface area contributed by atoms with E-state index in [4.69, 9.17) is 0 Å². The zero-order valence-corrected chi connectivity index (χ0v) is 14.7. The summed E-state index contributed by atoms with van der Waals surface area (Å²) in [7, 11) is -2.27. The summed E-state index contributed by atoms with van der Waals surface area (Å²) in [5.41, 5.74) is -0.682. The third-order valence-corrected chi connectivity index (χ3v) is 5.06. The van der Waals surface area contributed by atoms with Crippen LogP contribution in [0.3, 0.4) is 0 Å². The summed E-state index contributed by atoms with van der Waals surface area (Å²) in [6.45, 7) is 2.96. The number of sulfonamides is 1. The maximum absolute atomic E-state index is 12.2. The number of nitrogens with zero attached hydrogens (tertiary/aromatic N) is 2. The molecule has 0 aliphatic heterocycles. The molecular weight excluding hydrogens is 348 g/mol. The molecule has 0 saturated heterocycles. The van der Waals surface area contributed by atoms with Gasteiger partial charge in [-0.15, -0.1) is 0 Å². The predicted octanol–water partition coefficient (Wildman–Crippen LogP) is 0.863. The number of carboxylic acid groups (broad SMARTS) is 1. The fraction of sp³-hybridized carbons (Fsp3) is 0.267. The van der Waals surface area contributed by atoms with Gasteiger partial charge in [0.05, 0.1) is 16.8 Å². The number of nitrogens with one attached hydrogen (secondary N) is 2. The molecule has 0 unspecified atom stereocenters. The molecule has 1 aromatic carbocycles. The SMILES string of the molecule is CNS(=O)(=O)c1ccc(C(=O)Nc2cnn(C(C)(C)C(=O)O)c2)cc1. The van der Waals surface area contributed by atoms with Crippen molar-refractivity contribution in [2.24, 2.45) is 0 Å². The molecule has 0 radical (unpaired) electrons. The average molecular weight is 366 g/mol. The van der Waals surface area contributed by atoms with Gasteiger partial charge in [0.1, 0.15) is 0 Å². The molecular formula is C15H18N4O5S. The number of aliphatic carboxylic acids is 1. The Balaban J connectivity index is 2.16. The minimum atomic E-state index is -3.57. The third kappa shape index (κ3) is 3.86. The molecule has 25 heavy (non-hydrogen) atoms. The molecule has 1 amide bonds. The molecule has 2 rings (SSSR count). The van der Waals surface area contributed by atoms with E-state index < -0.39 is 27.4 Å². The van der Waals surface area contributed by atoms with Crippen molar-refractivity contribution in [1.82, 2.24) is 14.5 Å². The first-order valence-electron chi connectivity index (χ1n) is 7.21. The number of aromatic nitrogens is 2. The van der Waals surface area contributed by atoms with Gasteiger partial charge < -0.3 is 10.4 Å². The second kappa shape index (κ2) is 6.65. The Morgan fingerprint density at radius 1 is 1.20 bits per heavy atom. The maximum Gasteiger partial charge on any atom is 0.331 e. The van der Waals surface area contributed by atoms with E-state index >= 15 is 0 Å². The first-order valence-corrected chi connectivity index (χ1v) is 8.70. The molecule has 0 fully saturated rings. The van der Waals surface area contributed by atoms with E-state index in [2.05, 4.69) is 15.1 Å². The van der Waals surface area contributed by atoms with E-state index in [1.165, 1.54) is 62.2 Å². The third-order valence-electron chi connectivity index (χ3n) is 3.63. The lowest BCUT2D eigenvalue weighted by Gasteiger charge is -2.19. The molecule has 1 aromatic heterocycles. The Morgan fingerprint density at radius 2 is 1.80 bits per heavy atom. The van der Waals surface area contributed by atoms with Crippen LogP contribution in [0.5, 0.6) is 0 Å². The maximum atomic E-state index is 12.2. The Bertz CT molecular complexity index is 900. The topological polar surface area (TPSA) is 130 Å². The first kappa shape index (κ1) is 18.6. The fourth-order valence-corrected chi connectivity index (χ4v) is 2.63. The van der Waals surface area contributed by atoms with Gasteiger partial charge in [-0.25, -0.2) is 17.9 Å². The van der Waals surface area contributed by atoms with Crippen LogP contribution in [0.2, 0.25) is 0 Å². The standard InChI is InChI=1S/C15H18N4O5S/c1-15(2,14(21)22)19-9-11(8-17-19)18-13(20)10-4-6-12(7-5-10)25(23,24)16-3/h4-9,16H,1-3H3,(H,18,20)(H,21,22). The largest absolute Gasteiger partial charge is 0.479 e. The number of hydrogen-bond donors (Lipinski definition) is 3. The van der Waals surface area contributed by atoms with Crippen molar-refractivity contribution in [2.45, 2.75) is 24.3 Å². The van der Waals surface area contributed by atoms with Gasteiger partial charge in [0, 0.05) is 11.8 Å². The zero-order chi connectivity index (χ0) is 18.8. The highest BCUT2D eigenvalue weighted by Gasteiger charge is 2.30. The zero-order valence-electron chi connectivity index (χ0n) is 13.8. The Labute approximate surface area is 144 Å². The molecule has 10 heteroatoms. The summed E-state index contributed by atoms with van der Waals surface area (Å²) in [6.07, 6.45) is 2.74. The van der Waals surface area contributed by atoms with E-state index in [9.17, 15) is 23.1 Å². The quantitative estimate of drug-likeness (QED) is 0.695. The van der Waals surface area contributed by atoms with Crippen LogP contribution < -0.4 is 10.0 Å². The van der Waals surface area contributed by atoms with Crippen molar-refractivity contribution in [3.63, 3.8) is 0 Å². The van der Waals surface area contributed by atoms with Gasteiger partial charge in [-0.05, 0) is 45.2 Å². The number of hydrogen-bond acceptors (Lipinski definition) is 5. The van der Waals surface area contributed by atoms with Gasteiger partial charge in [-0.3, -0.25) is 9.48 Å². The summed E-state index contributed by atoms with van der Waals surface area (Å²) >= 11 is 0. The van der Waals surface area contributed by atoms with Gasteiger partial charge in [0.2, 0.25) is 10.0 Å². The second-order valence-corrected chi connectivity index (χ2v) is 7.61. The molecule has 0 atom stereocenters. The molecule has 0 aliphatic rings. The number of carboxylic acids is 1. The number of anilines is 1. The molecule has 134 valence electrons.